The molecule has 3 rings (SSSR count). The van der Waals surface area contributed by atoms with Crippen molar-refractivity contribution in [3.8, 4) is 0 Å². The Labute approximate surface area is 129 Å². The summed E-state index contributed by atoms with van der Waals surface area (Å²) in [4.78, 5) is 28.8. The van der Waals surface area contributed by atoms with Gasteiger partial charge in [-0.1, -0.05) is 0 Å². The van der Waals surface area contributed by atoms with Gasteiger partial charge in [-0.05, 0) is 19.8 Å². The molecule has 1 aromatic heterocycles. The molecule has 0 spiro atoms. The van der Waals surface area contributed by atoms with E-state index in [-0.39, 0.29) is 18.2 Å². The van der Waals surface area contributed by atoms with E-state index in [0.29, 0.717) is 11.6 Å². The number of nitrogens with zero attached hydrogens (tertiary/aromatic N) is 2. The highest BCUT2D eigenvalue weighted by Gasteiger charge is 2.53. The molecule has 0 unspecified atom stereocenters. The number of likely N-dealkylation sites (tertiary alicyclic amines) is 1. The molecule has 2 aliphatic rings. The van der Waals surface area contributed by atoms with E-state index in [0.717, 1.165) is 17.7 Å². The number of aryl methyl sites for hydroxylation is 1. The van der Waals surface area contributed by atoms with Gasteiger partial charge in [0.2, 0.25) is 11.7 Å². The van der Waals surface area contributed by atoms with Crippen LogP contribution in [0.2, 0.25) is 0 Å². The standard InChI is InChI=1S/C14H16F3N3O3/c1-6-10(23-12(19-6)7-2-3-7)13(22)20-4-8(11(18)21)9(5-20)14(15,16)17/h7-9H,2-5H2,1H3,(H2,18,21)/t8-,9-/m1/s1. The van der Waals surface area contributed by atoms with Gasteiger partial charge < -0.3 is 15.1 Å². The molecule has 0 bridgehead atoms. The fourth-order valence-electron chi connectivity index (χ4n) is 2.85. The maximum Gasteiger partial charge on any atom is 0.394 e. The van der Waals surface area contributed by atoms with Crippen LogP contribution in [0.15, 0.2) is 4.42 Å². The smallest absolute Gasteiger partial charge is 0.394 e. The minimum absolute atomic E-state index is 0.0575. The number of carbonyl (C=O) groups is 2. The summed E-state index contributed by atoms with van der Waals surface area (Å²) in [7, 11) is 0. The largest absolute Gasteiger partial charge is 0.435 e. The Bertz CT molecular complexity index is 651. The highest BCUT2D eigenvalue weighted by atomic mass is 19.4. The van der Waals surface area contributed by atoms with E-state index in [1.165, 1.54) is 0 Å². The second kappa shape index (κ2) is 5.24. The molecule has 1 saturated carbocycles. The highest BCUT2D eigenvalue weighted by Crippen LogP contribution is 2.41. The van der Waals surface area contributed by atoms with E-state index in [1.54, 1.807) is 6.92 Å². The van der Waals surface area contributed by atoms with Gasteiger partial charge in [0.25, 0.3) is 5.91 Å². The van der Waals surface area contributed by atoms with Gasteiger partial charge in [0.05, 0.1) is 17.5 Å². The lowest BCUT2D eigenvalue weighted by Gasteiger charge is -2.18. The Balaban J connectivity index is 1.81. The third-order valence-corrected chi connectivity index (χ3v) is 4.33. The van der Waals surface area contributed by atoms with Crippen LogP contribution < -0.4 is 5.73 Å². The summed E-state index contributed by atoms with van der Waals surface area (Å²) in [6.45, 7) is 0.609. The Morgan fingerprint density at radius 2 is 1.96 bits per heavy atom. The van der Waals surface area contributed by atoms with Crippen molar-refractivity contribution in [2.75, 3.05) is 13.1 Å². The summed E-state index contributed by atoms with van der Waals surface area (Å²) in [6.07, 6.45) is -2.74. The Morgan fingerprint density at radius 1 is 1.30 bits per heavy atom. The predicted molar refractivity (Wildman–Crippen MR) is 71.3 cm³/mol. The van der Waals surface area contributed by atoms with Crippen LogP contribution in [-0.4, -0.2) is 41.0 Å². The molecular weight excluding hydrogens is 315 g/mol. The number of hydrogen-bond acceptors (Lipinski definition) is 4. The van der Waals surface area contributed by atoms with Crippen molar-refractivity contribution in [3.05, 3.63) is 17.3 Å². The highest BCUT2D eigenvalue weighted by molar-refractivity contribution is 5.93. The average molecular weight is 331 g/mol. The van der Waals surface area contributed by atoms with Gasteiger partial charge in [-0.2, -0.15) is 13.2 Å². The minimum atomic E-state index is -4.59. The van der Waals surface area contributed by atoms with Gasteiger partial charge in [0, 0.05) is 19.0 Å². The average Bonchev–Trinajstić information content (AvgIpc) is 3.06. The third-order valence-electron chi connectivity index (χ3n) is 4.33. The maximum atomic E-state index is 13.0. The minimum Gasteiger partial charge on any atom is -0.435 e. The first kappa shape index (κ1) is 15.8. The van der Waals surface area contributed by atoms with Crippen LogP contribution in [0.4, 0.5) is 13.2 Å². The zero-order chi connectivity index (χ0) is 16.9. The first-order valence-corrected chi connectivity index (χ1v) is 7.31. The number of aromatic nitrogens is 1. The van der Waals surface area contributed by atoms with Crippen LogP contribution in [-0.2, 0) is 4.79 Å². The number of halogens is 3. The number of hydrogen-bond donors (Lipinski definition) is 1. The van der Waals surface area contributed by atoms with Gasteiger partial charge >= 0.3 is 6.18 Å². The van der Waals surface area contributed by atoms with E-state index in [4.69, 9.17) is 10.2 Å². The number of primary amides is 1. The Morgan fingerprint density at radius 3 is 2.43 bits per heavy atom. The van der Waals surface area contributed by atoms with Crippen molar-refractivity contribution in [1.82, 2.24) is 9.88 Å². The normalized spacial score (nSPS) is 25.0. The summed E-state index contributed by atoms with van der Waals surface area (Å²) >= 11 is 0. The van der Waals surface area contributed by atoms with Crippen LogP contribution in [0.3, 0.4) is 0 Å². The molecule has 2 N–H and O–H groups in total. The van der Waals surface area contributed by atoms with Gasteiger partial charge in [-0.25, -0.2) is 4.98 Å². The van der Waals surface area contributed by atoms with Crippen molar-refractivity contribution in [1.29, 1.82) is 0 Å². The van der Waals surface area contributed by atoms with Crippen molar-refractivity contribution >= 4 is 11.8 Å². The van der Waals surface area contributed by atoms with Crippen LogP contribution in [0, 0.1) is 18.8 Å². The second-order valence-electron chi connectivity index (χ2n) is 6.11. The van der Waals surface area contributed by atoms with Gasteiger partial charge in [-0.15, -0.1) is 0 Å². The molecule has 9 heteroatoms. The molecular formula is C14H16F3N3O3. The molecule has 6 nitrogen and oxygen atoms in total. The van der Waals surface area contributed by atoms with E-state index in [9.17, 15) is 22.8 Å². The summed E-state index contributed by atoms with van der Waals surface area (Å²) < 4.78 is 44.5. The lowest BCUT2D eigenvalue weighted by atomic mass is 9.95. The SMILES string of the molecule is Cc1nc(C2CC2)oc1C(=O)N1C[C@@H](C(F)(F)F)[C@H](C(N)=O)C1. The van der Waals surface area contributed by atoms with Gasteiger partial charge in [-0.3, -0.25) is 9.59 Å². The maximum absolute atomic E-state index is 13.0. The number of alkyl halides is 3. The topological polar surface area (TPSA) is 89.4 Å². The molecule has 1 saturated heterocycles. The van der Waals surface area contributed by atoms with Crippen molar-refractivity contribution in [3.63, 3.8) is 0 Å². The summed E-state index contributed by atoms with van der Waals surface area (Å²) in [5.41, 5.74) is 5.41. The van der Waals surface area contributed by atoms with E-state index in [2.05, 4.69) is 4.98 Å². The second-order valence-corrected chi connectivity index (χ2v) is 6.11. The molecule has 1 aliphatic carbocycles. The summed E-state index contributed by atoms with van der Waals surface area (Å²) in [5.74, 6) is -4.55. The quantitative estimate of drug-likeness (QED) is 0.911. The number of carbonyl (C=O) groups excluding carboxylic acids is 2. The van der Waals surface area contributed by atoms with Crippen LogP contribution in [0.5, 0.6) is 0 Å². The monoisotopic (exact) mass is 331 g/mol. The van der Waals surface area contributed by atoms with Crippen LogP contribution in [0.1, 0.15) is 40.9 Å². The lowest BCUT2D eigenvalue weighted by Crippen LogP contribution is -2.37. The van der Waals surface area contributed by atoms with Gasteiger partial charge in [0.1, 0.15) is 0 Å². The molecule has 1 aliphatic heterocycles. The number of nitrogens with two attached hydrogens (primary N) is 1. The molecule has 0 radical (unpaired) electrons. The number of rotatable bonds is 3. The predicted octanol–water partition coefficient (Wildman–Crippen LogP) is 1.60. The Kier molecular flexibility index (Phi) is 3.61. The van der Waals surface area contributed by atoms with Crippen molar-refractivity contribution < 1.29 is 27.2 Å². The zero-order valence-electron chi connectivity index (χ0n) is 12.4. The van der Waals surface area contributed by atoms with E-state index < -0.39 is 36.4 Å². The molecule has 126 valence electrons. The molecule has 2 atom stereocenters. The zero-order valence-corrected chi connectivity index (χ0v) is 12.4. The van der Waals surface area contributed by atoms with Crippen molar-refractivity contribution in [2.45, 2.75) is 31.9 Å². The van der Waals surface area contributed by atoms with E-state index in [1.807, 2.05) is 0 Å². The fraction of sp³-hybridized carbons (Fsp3) is 0.643. The molecule has 2 amide bonds. The van der Waals surface area contributed by atoms with Crippen LogP contribution >= 0.6 is 0 Å². The van der Waals surface area contributed by atoms with Crippen LogP contribution in [0.25, 0.3) is 0 Å². The molecule has 1 aromatic rings. The van der Waals surface area contributed by atoms with Crippen molar-refractivity contribution in [2.24, 2.45) is 17.6 Å². The number of amides is 2. The lowest BCUT2D eigenvalue weighted by molar-refractivity contribution is -0.182. The third kappa shape index (κ3) is 2.91. The van der Waals surface area contributed by atoms with E-state index >= 15 is 0 Å². The first-order valence-electron chi connectivity index (χ1n) is 7.31. The first-order chi connectivity index (χ1) is 10.7. The van der Waals surface area contributed by atoms with Gasteiger partial charge in [0.15, 0.2) is 5.89 Å². The molecule has 2 heterocycles. The molecule has 2 fully saturated rings. The summed E-state index contributed by atoms with van der Waals surface area (Å²) in [6, 6.07) is 0. The number of oxazole rings is 1. The molecule has 0 aromatic carbocycles. The fourth-order valence-corrected chi connectivity index (χ4v) is 2.85. The summed E-state index contributed by atoms with van der Waals surface area (Å²) in [5, 5.41) is 0. The molecule has 23 heavy (non-hydrogen) atoms. The Hall–Kier alpha value is -2.06.